The summed E-state index contributed by atoms with van der Waals surface area (Å²) in [6, 6.07) is 0. The molecule has 0 aliphatic carbocycles. The fourth-order valence-electron chi connectivity index (χ4n) is 0.995. The molecule has 0 atom stereocenters. The maximum Gasteiger partial charge on any atom is 0.411 e. The van der Waals surface area contributed by atoms with E-state index < -0.39 is 24.6 Å². The van der Waals surface area contributed by atoms with Crippen LogP contribution >= 0.6 is 0 Å². The Labute approximate surface area is 83.3 Å². The van der Waals surface area contributed by atoms with E-state index in [0.717, 1.165) is 17.1 Å². The fourth-order valence-corrected chi connectivity index (χ4v) is 0.995. The Morgan fingerprint density at radius 2 is 1.73 bits per heavy atom. The van der Waals surface area contributed by atoms with Crippen LogP contribution in [0, 0.1) is 0 Å². The molecule has 15 heavy (non-hydrogen) atoms. The lowest BCUT2D eigenvalue weighted by Gasteiger charge is -2.14. The molecular weight excluding hydrogens is 215 g/mol. The number of alkyl halides is 3. The van der Waals surface area contributed by atoms with E-state index in [1.807, 2.05) is 0 Å². The number of halogens is 3. The van der Waals surface area contributed by atoms with Crippen LogP contribution in [0.5, 0.6) is 0 Å². The number of hydrogen-bond acceptors (Lipinski definition) is 3. The van der Waals surface area contributed by atoms with Gasteiger partial charge in [0.25, 0.3) is 11.8 Å². The highest BCUT2D eigenvalue weighted by Crippen LogP contribution is 2.14. The van der Waals surface area contributed by atoms with E-state index in [1.165, 1.54) is 0 Å². The summed E-state index contributed by atoms with van der Waals surface area (Å²) in [5.74, 6) is -1.06. The molecule has 0 radical (unpaired) electrons. The van der Waals surface area contributed by atoms with E-state index in [2.05, 4.69) is 4.74 Å². The van der Waals surface area contributed by atoms with Gasteiger partial charge in [-0.05, 0) is 0 Å². The fraction of sp³-hybridized carbons (Fsp3) is 0.500. The molecule has 0 bridgehead atoms. The third-order valence-electron chi connectivity index (χ3n) is 1.63. The van der Waals surface area contributed by atoms with Crippen molar-refractivity contribution in [3.63, 3.8) is 0 Å². The van der Waals surface area contributed by atoms with Crippen molar-refractivity contribution < 1.29 is 27.5 Å². The second kappa shape index (κ2) is 4.43. The summed E-state index contributed by atoms with van der Waals surface area (Å²) in [5.41, 5.74) is 0. The predicted molar refractivity (Wildman–Crippen MR) is 42.7 cm³/mol. The summed E-state index contributed by atoms with van der Waals surface area (Å²) in [4.78, 5) is 22.6. The van der Waals surface area contributed by atoms with Crippen molar-refractivity contribution in [1.29, 1.82) is 0 Å². The normalized spacial score (nSPS) is 16.6. The molecule has 2 amide bonds. The Morgan fingerprint density at radius 1 is 1.20 bits per heavy atom. The van der Waals surface area contributed by atoms with Gasteiger partial charge in [-0.1, -0.05) is 0 Å². The van der Waals surface area contributed by atoms with Crippen molar-refractivity contribution in [2.75, 3.05) is 19.8 Å². The van der Waals surface area contributed by atoms with Gasteiger partial charge in [-0.3, -0.25) is 14.5 Å². The highest BCUT2D eigenvalue weighted by molar-refractivity contribution is 6.12. The molecule has 0 fully saturated rings. The lowest BCUT2D eigenvalue weighted by Crippen LogP contribution is -2.34. The molecule has 1 aliphatic rings. The Morgan fingerprint density at radius 3 is 2.20 bits per heavy atom. The van der Waals surface area contributed by atoms with Gasteiger partial charge in [0.2, 0.25) is 0 Å². The zero-order chi connectivity index (χ0) is 11.5. The molecule has 1 heterocycles. The van der Waals surface area contributed by atoms with E-state index in [0.29, 0.717) is 0 Å². The van der Waals surface area contributed by atoms with Crippen molar-refractivity contribution in [3.05, 3.63) is 12.2 Å². The number of imide groups is 1. The van der Waals surface area contributed by atoms with Crippen LogP contribution in [0.4, 0.5) is 13.2 Å². The summed E-state index contributed by atoms with van der Waals surface area (Å²) < 4.78 is 39.1. The average Bonchev–Trinajstić information content (AvgIpc) is 2.40. The van der Waals surface area contributed by atoms with Crippen molar-refractivity contribution in [3.8, 4) is 0 Å². The van der Waals surface area contributed by atoms with Gasteiger partial charge in [0.1, 0.15) is 6.61 Å². The Bertz CT molecular complexity index is 280. The van der Waals surface area contributed by atoms with E-state index in [1.54, 1.807) is 0 Å². The van der Waals surface area contributed by atoms with Gasteiger partial charge in [-0.2, -0.15) is 13.2 Å². The maximum absolute atomic E-state index is 11.6. The van der Waals surface area contributed by atoms with Gasteiger partial charge in [-0.25, -0.2) is 0 Å². The summed E-state index contributed by atoms with van der Waals surface area (Å²) in [5, 5.41) is 0. The lowest BCUT2D eigenvalue weighted by molar-refractivity contribution is -0.174. The smallest absolute Gasteiger partial charge is 0.370 e. The van der Waals surface area contributed by atoms with E-state index in [-0.39, 0.29) is 13.2 Å². The number of rotatable bonds is 4. The molecule has 1 rings (SSSR count). The van der Waals surface area contributed by atoms with Crippen LogP contribution in [0.2, 0.25) is 0 Å². The highest BCUT2D eigenvalue weighted by Gasteiger charge is 2.28. The zero-order valence-electron chi connectivity index (χ0n) is 7.58. The van der Waals surface area contributed by atoms with Crippen LogP contribution in [0.15, 0.2) is 12.2 Å². The minimum absolute atomic E-state index is 0.166. The zero-order valence-corrected chi connectivity index (χ0v) is 7.58. The summed E-state index contributed by atoms with van der Waals surface area (Å²) in [6.07, 6.45) is -2.27. The first-order valence-corrected chi connectivity index (χ1v) is 4.08. The van der Waals surface area contributed by atoms with Crippen LogP contribution in [-0.2, 0) is 14.3 Å². The Kier molecular flexibility index (Phi) is 3.46. The first kappa shape index (κ1) is 11.7. The van der Waals surface area contributed by atoms with Crippen molar-refractivity contribution >= 4 is 11.8 Å². The van der Waals surface area contributed by atoms with Gasteiger partial charge in [0.15, 0.2) is 0 Å². The number of carbonyl (C=O) groups excluding carboxylic acids is 2. The van der Waals surface area contributed by atoms with Gasteiger partial charge < -0.3 is 4.74 Å². The third kappa shape index (κ3) is 3.70. The van der Waals surface area contributed by atoms with Gasteiger partial charge >= 0.3 is 6.18 Å². The van der Waals surface area contributed by atoms with E-state index >= 15 is 0 Å². The summed E-state index contributed by atoms with van der Waals surface area (Å²) >= 11 is 0. The number of nitrogens with zero attached hydrogens (tertiary/aromatic N) is 1. The molecule has 0 unspecified atom stereocenters. The van der Waals surface area contributed by atoms with Gasteiger partial charge in [0.05, 0.1) is 13.2 Å². The predicted octanol–water partition coefficient (Wildman–Crippen LogP) is 0.490. The molecule has 0 saturated carbocycles. The largest absolute Gasteiger partial charge is 0.411 e. The molecule has 1 aliphatic heterocycles. The first-order chi connectivity index (χ1) is 6.90. The third-order valence-corrected chi connectivity index (χ3v) is 1.63. The molecule has 84 valence electrons. The second-order valence-electron chi connectivity index (χ2n) is 2.83. The van der Waals surface area contributed by atoms with Gasteiger partial charge in [-0.15, -0.1) is 0 Å². The van der Waals surface area contributed by atoms with Crippen molar-refractivity contribution in [2.45, 2.75) is 6.18 Å². The summed E-state index contributed by atoms with van der Waals surface area (Å²) in [6.45, 7) is -1.87. The molecule has 0 N–H and O–H groups in total. The van der Waals surface area contributed by atoms with Crippen LogP contribution in [-0.4, -0.2) is 42.6 Å². The molecule has 0 aromatic rings. The summed E-state index contributed by atoms with van der Waals surface area (Å²) in [7, 11) is 0. The number of ether oxygens (including phenoxy) is 1. The highest BCUT2D eigenvalue weighted by atomic mass is 19.4. The van der Waals surface area contributed by atoms with Crippen molar-refractivity contribution in [1.82, 2.24) is 4.90 Å². The average molecular weight is 223 g/mol. The standard InChI is InChI=1S/C8H8F3NO3/c9-8(10,11)5-15-4-3-12-6(13)1-2-7(12)14/h1-2H,3-5H2. The molecular formula is C8H8F3NO3. The lowest BCUT2D eigenvalue weighted by atomic mass is 10.5. The molecule has 7 heteroatoms. The van der Waals surface area contributed by atoms with Crippen molar-refractivity contribution in [2.24, 2.45) is 0 Å². The second-order valence-corrected chi connectivity index (χ2v) is 2.83. The van der Waals surface area contributed by atoms with Gasteiger partial charge in [0, 0.05) is 12.2 Å². The SMILES string of the molecule is O=C1C=CC(=O)N1CCOCC(F)(F)F. The Balaban J connectivity index is 2.21. The van der Waals surface area contributed by atoms with Crippen LogP contribution in [0.3, 0.4) is 0 Å². The number of hydrogen-bond donors (Lipinski definition) is 0. The number of carbonyl (C=O) groups is 2. The minimum Gasteiger partial charge on any atom is -0.370 e. The quantitative estimate of drug-likeness (QED) is 0.514. The molecule has 4 nitrogen and oxygen atoms in total. The molecule has 0 saturated heterocycles. The maximum atomic E-state index is 11.6. The first-order valence-electron chi connectivity index (χ1n) is 4.08. The minimum atomic E-state index is -4.39. The monoisotopic (exact) mass is 223 g/mol. The van der Waals surface area contributed by atoms with Crippen LogP contribution in [0.1, 0.15) is 0 Å². The topological polar surface area (TPSA) is 46.6 Å². The van der Waals surface area contributed by atoms with Crippen LogP contribution in [0.25, 0.3) is 0 Å². The molecule has 0 spiro atoms. The molecule has 0 aromatic carbocycles. The van der Waals surface area contributed by atoms with Crippen LogP contribution < -0.4 is 0 Å². The molecule has 0 aromatic heterocycles. The van der Waals surface area contributed by atoms with E-state index in [4.69, 9.17) is 0 Å². The number of amides is 2. The Hall–Kier alpha value is -1.37. The van der Waals surface area contributed by atoms with E-state index in [9.17, 15) is 22.8 Å².